The number of rotatable bonds is 8. The Hall–Kier alpha value is -3.13. The minimum atomic E-state index is -0.476. The summed E-state index contributed by atoms with van der Waals surface area (Å²) in [5, 5.41) is 13.5. The van der Waals surface area contributed by atoms with Crippen molar-refractivity contribution in [2.45, 2.75) is 6.42 Å². The molecule has 1 aliphatic rings. The van der Waals surface area contributed by atoms with Gasteiger partial charge >= 0.3 is 0 Å². The van der Waals surface area contributed by atoms with Crippen LogP contribution in [-0.4, -0.2) is 62.1 Å². The zero-order chi connectivity index (χ0) is 20.6. The largest absolute Gasteiger partial charge is 0.497 e. The molecule has 0 bridgehead atoms. The highest BCUT2D eigenvalue weighted by Gasteiger charge is 2.17. The lowest BCUT2D eigenvalue weighted by Crippen LogP contribution is -2.47. The molecule has 1 fully saturated rings. The molecule has 1 amide bonds. The predicted octanol–water partition coefficient (Wildman–Crippen LogP) is 2.55. The van der Waals surface area contributed by atoms with Gasteiger partial charge in [0.2, 0.25) is 0 Å². The maximum atomic E-state index is 12.1. The number of amides is 1. The van der Waals surface area contributed by atoms with Crippen LogP contribution in [0, 0.1) is 10.1 Å². The van der Waals surface area contributed by atoms with Gasteiger partial charge < -0.3 is 15.0 Å². The Labute approximate surface area is 170 Å². The number of methoxy groups -OCH3 is 1. The average Bonchev–Trinajstić information content (AvgIpc) is 2.77. The summed E-state index contributed by atoms with van der Waals surface area (Å²) >= 11 is 0. The second-order valence-electron chi connectivity index (χ2n) is 6.94. The number of hydrogen-bond donors (Lipinski definition) is 1. The lowest BCUT2D eigenvalue weighted by molar-refractivity contribution is -0.384. The van der Waals surface area contributed by atoms with Crippen LogP contribution in [0.5, 0.6) is 5.75 Å². The Balaban J connectivity index is 1.35. The van der Waals surface area contributed by atoms with Crippen molar-refractivity contribution in [1.29, 1.82) is 0 Å². The van der Waals surface area contributed by atoms with Crippen LogP contribution in [0.15, 0.2) is 48.5 Å². The van der Waals surface area contributed by atoms with E-state index in [0.717, 1.165) is 44.9 Å². The van der Waals surface area contributed by atoms with Crippen LogP contribution in [0.25, 0.3) is 0 Å². The maximum Gasteiger partial charge on any atom is 0.269 e. The smallest absolute Gasteiger partial charge is 0.269 e. The summed E-state index contributed by atoms with van der Waals surface area (Å²) in [6.45, 7) is 5.43. The van der Waals surface area contributed by atoms with Crippen molar-refractivity contribution in [2.75, 3.05) is 51.3 Å². The third kappa shape index (κ3) is 5.68. The molecule has 2 aromatic rings. The maximum absolute atomic E-state index is 12.1. The number of nitrogens with zero attached hydrogens (tertiary/aromatic N) is 3. The van der Waals surface area contributed by atoms with Crippen LogP contribution in [-0.2, 0) is 0 Å². The molecule has 8 nitrogen and oxygen atoms in total. The van der Waals surface area contributed by atoms with Gasteiger partial charge in [0, 0.05) is 56.1 Å². The van der Waals surface area contributed by atoms with Crippen molar-refractivity contribution >= 4 is 17.3 Å². The highest BCUT2D eigenvalue weighted by Crippen LogP contribution is 2.20. The van der Waals surface area contributed by atoms with Crippen molar-refractivity contribution < 1.29 is 14.5 Å². The molecule has 0 atom stereocenters. The van der Waals surface area contributed by atoms with Gasteiger partial charge in [0.15, 0.2) is 0 Å². The summed E-state index contributed by atoms with van der Waals surface area (Å²) in [5.74, 6) is 0.660. The normalized spacial score (nSPS) is 14.4. The minimum absolute atomic E-state index is 0.0182. The second kappa shape index (κ2) is 9.88. The molecule has 0 unspecified atom stereocenters. The van der Waals surface area contributed by atoms with Crippen molar-refractivity contribution in [3.8, 4) is 5.75 Å². The van der Waals surface area contributed by atoms with E-state index in [9.17, 15) is 14.9 Å². The first kappa shape index (κ1) is 20.6. The zero-order valence-electron chi connectivity index (χ0n) is 16.5. The van der Waals surface area contributed by atoms with E-state index in [0.29, 0.717) is 12.1 Å². The van der Waals surface area contributed by atoms with E-state index in [1.165, 1.54) is 30.0 Å². The van der Waals surface area contributed by atoms with Crippen LogP contribution < -0.4 is 15.0 Å². The molecule has 1 heterocycles. The molecule has 1 saturated heterocycles. The number of benzene rings is 2. The molecule has 0 saturated carbocycles. The monoisotopic (exact) mass is 398 g/mol. The number of hydrogen-bond acceptors (Lipinski definition) is 6. The molecule has 2 aromatic carbocycles. The fourth-order valence-electron chi connectivity index (χ4n) is 3.36. The fraction of sp³-hybridized carbons (Fsp3) is 0.381. The highest BCUT2D eigenvalue weighted by molar-refractivity contribution is 5.94. The molecule has 154 valence electrons. The van der Waals surface area contributed by atoms with Crippen molar-refractivity contribution in [3.05, 3.63) is 64.2 Å². The van der Waals surface area contributed by atoms with Gasteiger partial charge in [-0.15, -0.1) is 0 Å². The Kier molecular flexibility index (Phi) is 7.02. The Bertz CT molecular complexity index is 816. The van der Waals surface area contributed by atoms with E-state index in [-0.39, 0.29) is 11.6 Å². The van der Waals surface area contributed by atoms with E-state index < -0.39 is 4.92 Å². The van der Waals surface area contributed by atoms with Gasteiger partial charge in [-0.25, -0.2) is 0 Å². The molecule has 1 aliphatic heterocycles. The van der Waals surface area contributed by atoms with Crippen LogP contribution in [0.2, 0.25) is 0 Å². The van der Waals surface area contributed by atoms with Crippen LogP contribution in [0.1, 0.15) is 16.8 Å². The summed E-state index contributed by atoms with van der Waals surface area (Å²) in [6, 6.07) is 13.8. The van der Waals surface area contributed by atoms with Gasteiger partial charge in [0.1, 0.15) is 5.75 Å². The Morgan fingerprint density at radius 2 is 1.72 bits per heavy atom. The summed E-state index contributed by atoms with van der Waals surface area (Å²) in [4.78, 5) is 27.1. The second-order valence-corrected chi connectivity index (χ2v) is 6.94. The van der Waals surface area contributed by atoms with Gasteiger partial charge in [-0.05, 0) is 49.4 Å². The molecule has 3 rings (SSSR count). The molecule has 8 heteroatoms. The summed E-state index contributed by atoms with van der Waals surface area (Å²) < 4.78 is 5.20. The van der Waals surface area contributed by atoms with Gasteiger partial charge in [-0.1, -0.05) is 0 Å². The number of ether oxygens (including phenoxy) is 1. The van der Waals surface area contributed by atoms with Crippen LogP contribution in [0.3, 0.4) is 0 Å². The predicted molar refractivity (Wildman–Crippen MR) is 112 cm³/mol. The molecule has 0 aliphatic carbocycles. The van der Waals surface area contributed by atoms with Gasteiger partial charge in [-0.3, -0.25) is 19.8 Å². The number of anilines is 1. The lowest BCUT2D eigenvalue weighted by atomic mass is 10.2. The molecular formula is C21H26N4O4. The molecule has 29 heavy (non-hydrogen) atoms. The van der Waals surface area contributed by atoms with Crippen LogP contribution in [0.4, 0.5) is 11.4 Å². The number of nitrogens with one attached hydrogen (secondary N) is 1. The van der Waals surface area contributed by atoms with E-state index in [1.54, 1.807) is 7.11 Å². The van der Waals surface area contributed by atoms with E-state index >= 15 is 0 Å². The van der Waals surface area contributed by atoms with Crippen molar-refractivity contribution in [3.63, 3.8) is 0 Å². The number of piperazine rings is 1. The molecule has 0 radical (unpaired) electrons. The first-order valence-corrected chi connectivity index (χ1v) is 9.71. The average molecular weight is 398 g/mol. The standard InChI is InChI=1S/C21H26N4O4/c1-29-20-9-7-18(8-10-20)24-15-13-23(14-16-24)12-2-11-22-21(26)17-3-5-19(6-4-17)25(27)28/h3-10H,2,11-16H2,1H3,(H,22,26). The van der Waals surface area contributed by atoms with E-state index in [4.69, 9.17) is 4.74 Å². The number of nitro groups is 1. The van der Waals surface area contributed by atoms with E-state index in [2.05, 4.69) is 27.2 Å². The minimum Gasteiger partial charge on any atom is -0.497 e. The summed E-state index contributed by atoms with van der Waals surface area (Å²) in [7, 11) is 1.67. The zero-order valence-corrected chi connectivity index (χ0v) is 16.5. The molecular weight excluding hydrogens is 372 g/mol. The van der Waals surface area contributed by atoms with Gasteiger partial charge in [-0.2, -0.15) is 0 Å². The third-order valence-corrected chi connectivity index (χ3v) is 5.09. The summed E-state index contributed by atoms with van der Waals surface area (Å²) in [6.07, 6.45) is 0.862. The molecule has 0 aromatic heterocycles. The number of carbonyl (C=O) groups is 1. The van der Waals surface area contributed by atoms with E-state index in [1.807, 2.05) is 12.1 Å². The molecule has 0 spiro atoms. The Morgan fingerprint density at radius 1 is 1.07 bits per heavy atom. The van der Waals surface area contributed by atoms with Crippen molar-refractivity contribution in [2.24, 2.45) is 0 Å². The third-order valence-electron chi connectivity index (χ3n) is 5.09. The number of nitro benzene ring substituents is 1. The first-order valence-electron chi connectivity index (χ1n) is 9.71. The molecule has 1 N–H and O–H groups in total. The Morgan fingerprint density at radius 3 is 2.31 bits per heavy atom. The fourth-order valence-corrected chi connectivity index (χ4v) is 3.36. The highest BCUT2D eigenvalue weighted by atomic mass is 16.6. The van der Waals surface area contributed by atoms with Crippen molar-refractivity contribution in [1.82, 2.24) is 10.2 Å². The number of carbonyl (C=O) groups excluding carboxylic acids is 1. The van der Waals surface area contributed by atoms with Crippen LogP contribution >= 0.6 is 0 Å². The summed E-state index contributed by atoms with van der Waals surface area (Å²) in [5.41, 5.74) is 1.62. The first-order chi connectivity index (χ1) is 14.1. The lowest BCUT2D eigenvalue weighted by Gasteiger charge is -2.36. The van der Waals surface area contributed by atoms with Gasteiger partial charge in [0.25, 0.3) is 11.6 Å². The van der Waals surface area contributed by atoms with Gasteiger partial charge in [0.05, 0.1) is 12.0 Å². The quantitative estimate of drug-likeness (QED) is 0.418. The SMILES string of the molecule is COc1ccc(N2CCN(CCCNC(=O)c3ccc([N+](=O)[O-])cc3)CC2)cc1. The topological polar surface area (TPSA) is 88.0 Å². The number of non-ortho nitro benzene ring substituents is 1.